The summed E-state index contributed by atoms with van der Waals surface area (Å²) < 4.78 is 10.9. The van der Waals surface area contributed by atoms with Crippen LogP contribution in [0.5, 0.6) is 5.75 Å². The van der Waals surface area contributed by atoms with Crippen LogP contribution < -0.4 is 27.4 Å². The number of ether oxygens (including phenoxy) is 2. The fourth-order valence-electron chi connectivity index (χ4n) is 2.08. The maximum absolute atomic E-state index is 11.8. The first-order valence-electron chi connectivity index (χ1n) is 8.58. The molecule has 138 valence electrons. The van der Waals surface area contributed by atoms with Gasteiger partial charge in [-0.15, -0.1) is 0 Å². The van der Waals surface area contributed by atoms with Crippen LogP contribution in [-0.4, -0.2) is 39.9 Å². The number of carbonyl (C=O) groups is 1. The average molecular weight is 359 g/mol. The van der Waals surface area contributed by atoms with E-state index in [1.54, 1.807) is 0 Å². The van der Waals surface area contributed by atoms with Crippen molar-refractivity contribution in [3.8, 4) is 5.75 Å². The Bertz CT molecular complexity index is 456. The molecule has 0 saturated heterocycles. The van der Waals surface area contributed by atoms with E-state index in [0.29, 0.717) is 24.7 Å². The SMILES string of the molecule is CCCCCCCOc1ccccc1NC(=O)OCC[NH+](C)C.[Cl-]. The molecule has 0 aromatic heterocycles. The first-order chi connectivity index (χ1) is 11.1. The highest BCUT2D eigenvalue weighted by Crippen LogP contribution is 2.24. The van der Waals surface area contributed by atoms with Crippen LogP contribution in [0.3, 0.4) is 0 Å². The summed E-state index contributed by atoms with van der Waals surface area (Å²) in [5.41, 5.74) is 0.656. The molecule has 0 atom stereocenters. The molecule has 0 aliphatic carbocycles. The maximum Gasteiger partial charge on any atom is 0.411 e. The smallest absolute Gasteiger partial charge is 0.411 e. The summed E-state index contributed by atoms with van der Waals surface area (Å²) >= 11 is 0. The molecule has 5 nitrogen and oxygen atoms in total. The van der Waals surface area contributed by atoms with Crippen LogP contribution in [-0.2, 0) is 4.74 Å². The number of unbranched alkanes of at least 4 members (excludes halogenated alkanes) is 4. The first-order valence-corrected chi connectivity index (χ1v) is 8.58. The average Bonchev–Trinajstić information content (AvgIpc) is 2.52. The Morgan fingerprint density at radius 2 is 1.79 bits per heavy atom. The van der Waals surface area contributed by atoms with Crippen molar-refractivity contribution in [3.05, 3.63) is 24.3 Å². The predicted octanol–water partition coefficient (Wildman–Crippen LogP) is -0.267. The largest absolute Gasteiger partial charge is 1.00 e. The number of anilines is 1. The molecule has 0 saturated carbocycles. The van der Waals surface area contributed by atoms with Crippen molar-refractivity contribution in [2.75, 3.05) is 39.2 Å². The lowest BCUT2D eigenvalue weighted by atomic mass is 10.2. The normalized spacial score (nSPS) is 10.2. The van der Waals surface area contributed by atoms with Crippen molar-refractivity contribution in [2.45, 2.75) is 39.0 Å². The van der Waals surface area contributed by atoms with Crippen molar-refractivity contribution in [2.24, 2.45) is 0 Å². The number of benzene rings is 1. The highest BCUT2D eigenvalue weighted by molar-refractivity contribution is 5.86. The van der Waals surface area contributed by atoms with Gasteiger partial charge in [0.25, 0.3) is 0 Å². The van der Waals surface area contributed by atoms with Crippen molar-refractivity contribution < 1.29 is 31.6 Å². The molecule has 0 heterocycles. The Morgan fingerprint density at radius 1 is 1.08 bits per heavy atom. The summed E-state index contributed by atoms with van der Waals surface area (Å²) in [7, 11) is 4.04. The van der Waals surface area contributed by atoms with Crippen LogP contribution >= 0.6 is 0 Å². The molecule has 1 aromatic rings. The zero-order chi connectivity index (χ0) is 16.9. The van der Waals surface area contributed by atoms with Gasteiger partial charge in [0.15, 0.2) is 0 Å². The van der Waals surface area contributed by atoms with Crippen molar-refractivity contribution >= 4 is 11.8 Å². The minimum atomic E-state index is -0.440. The number of likely N-dealkylation sites (N-methyl/N-ethyl adjacent to an activating group) is 1. The third-order valence-corrected chi connectivity index (χ3v) is 3.46. The maximum atomic E-state index is 11.8. The Labute approximate surface area is 152 Å². The molecule has 0 unspecified atom stereocenters. The van der Waals surface area contributed by atoms with E-state index in [1.807, 2.05) is 38.4 Å². The summed E-state index contributed by atoms with van der Waals surface area (Å²) in [6.45, 7) is 4.05. The molecule has 0 spiro atoms. The molecule has 1 aromatic carbocycles. The Morgan fingerprint density at radius 3 is 2.50 bits per heavy atom. The number of nitrogens with one attached hydrogen (secondary N) is 2. The van der Waals surface area contributed by atoms with Crippen LogP contribution in [0.4, 0.5) is 10.5 Å². The van der Waals surface area contributed by atoms with Gasteiger partial charge < -0.3 is 26.8 Å². The lowest BCUT2D eigenvalue weighted by Gasteiger charge is -2.13. The van der Waals surface area contributed by atoms with Crippen LogP contribution in [0.2, 0.25) is 0 Å². The van der Waals surface area contributed by atoms with Gasteiger partial charge in [0.05, 0.1) is 26.4 Å². The number of quaternary nitrogens is 1. The summed E-state index contributed by atoms with van der Waals surface area (Å²) in [5.74, 6) is 0.693. The molecular weight excluding hydrogens is 328 g/mol. The fraction of sp³-hybridized carbons (Fsp3) is 0.611. The summed E-state index contributed by atoms with van der Waals surface area (Å²) in [4.78, 5) is 13.0. The highest BCUT2D eigenvalue weighted by Gasteiger charge is 2.08. The van der Waals surface area contributed by atoms with Crippen molar-refractivity contribution in [1.82, 2.24) is 0 Å². The van der Waals surface area contributed by atoms with E-state index in [1.165, 1.54) is 30.6 Å². The zero-order valence-corrected chi connectivity index (χ0v) is 15.8. The summed E-state index contributed by atoms with van der Waals surface area (Å²) in [6, 6.07) is 7.46. The number of amides is 1. The van der Waals surface area contributed by atoms with Crippen molar-refractivity contribution in [3.63, 3.8) is 0 Å². The molecule has 0 aliphatic rings. The van der Waals surface area contributed by atoms with E-state index in [2.05, 4.69) is 12.2 Å². The number of rotatable bonds is 11. The minimum Gasteiger partial charge on any atom is -1.00 e. The highest BCUT2D eigenvalue weighted by atomic mass is 35.5. The van der Waals surface area contributed by atoms with E-state index in [4.69, 9.17) is 9.47 Å². The molecule has 1 amide bonds. The second-order valence-corrected chi connectivity index (χ2v) is 5.98. The second-order valence-electron chi connectivity index (χ2n) is 5.98. The van der Waals surface area contributed by atoms with Crippen LogP contribution in [0.15, 0.2) is 24.3 Å². The quantitative estimate of drug-likeness (QED) is 0.536. The second kappa shape index (κ2) is 13.9. The number of para-hydroxylation sites is 2. The van der Waals surface area contributed by atoms with Crippen LogP contribution in [0.25, 0.3) is 0 Å². The van der Waals surface area contributed by atoms with E-state index in [0.717, 1.165) is 13.0 Å². The topological polar surface area (TPSA) is 52.0 Å². The number of hydrogen-bond acceptors (Lipinski definition) is 3. The van der Waals surface area contributed by atoms with Gasteiger partial charge >= 0.3 is 6.09 Å². The molecule has 6 heteroatoms. The molecule has 0 aliphatic heterocycles. The lowest BCUT2D eigenvalue weighted by Crippen LogP contribution is -3.06. The lowest BCUT2D eigenvalue weighted by molar-refractivity contribution is -0.858. The number of hydrogen-bond donors (Lipinski definition) is 2. The predicted molar refractivity (Wildman–Crippen MR) is 93.3 cm³/mol. The number of carbonyl (C=O) groups excluding carboxylic acids is 1. The van der Waals surface area contributed by atoms with Gasteiger partial charge in [-0.25, -0.2) is 4.79 Å². The molecule has 0 fully saturated rings. The molecule has 0 bridgehead atoms. The summed E-state index contributed by atoms with van der Waals surface area (Å²) in [6.07, 6.45) is 5.54. The molecule has 1 rings (SSSR count). The van der Waals surface area contributed by atoms with Gasteiger partial charge in [0, 0.05) is 0 Å². The first kappa shape index (κ1) is 22.5. The standard InChI is InChI=1S/C18H30N2O3.ClH/c1-4-5-6-7-10-14-22-17-12-9-8-11-16(17)19-18(21)23-15-13-20(2)3;/h8-9,11-12H,4-7,10,13-15H2,1-3H3,(H,19,21);1H. The van der Waals surface area contributed by atoms with Gasteiger partial charge in [-0.2, -0.15) is 0 Å². The van der Waals surface area contributed by atoms with Crippen LogP contribution in [0, 0.1) is 0 Å². The molecule has 24 heavy (non-hydrogen) atoms. The van der Waals surface area contributed by atoms with Crippen LogP contribution in [0.1, 0.15) is 39.0 Å². The molecular formula is C18H31ClN2O3. The Balaban J connectivity index is 0.00000529. The third kappa shape index (κ3) is 10.3. The zero-order valence-electron chi connectivity index (χ0n) is 15.1. The fourth-order valence-corrected chi connectivity index (χ4v) is 2.08. The monoisotopic (exact) mass is 358 g/mol. The van der Waals surface area contributed by atoms with Gasteiger partial charge in [0.1, 0.15) is 18.9 Å². The van der Waals surface area contributed by atoms with Gasteiger partial charge in [-0.05, 0) is 18.6 Å². The van der Waals surface area contributed by atoms with E-state index in [9.17, 15) is 4.79 Å². The Kier molecular flexibility index (Phi) is 13.1. The van der Waals surface area contributed by atoms with Gasteiger partial charge in [-0.1, -0.05) is 44.7 Å². The summed E-state index contributed by atoms with van der Waals surface area (Å²) in [5, 5.41) is 2.75. The van der Waals surface area contributed by atoms with E-state index in [-0.39, 0.29) is 12.4 Å². The van der Waals surface area contributed by atoms with E-state index < -0.39 is 6.09 Å². The molecule has 2 N–H and O–H groups in total. The molecule has 0 radical (unpaired) electrons. The minimum absolute atomic E-state index is 0. The van der Waals surface area contributed by atoms with Gasteiger partial charge in [-0.3, -0.25) is 5.32 Å². The van der Waals surface area contributed by atoms with Crippen molar-refractivity contribution in [1.29, 1.82) is 0 Å². The number of halogens is 1. The van der Waals surface area contributed by atoms with Gasteiger partial charge in [0.2, 0.25) is 0 Å². The van der Waals surface area contributed by atoms with E-state index >= 15 is 0 Å². The third-order valence-electron chi connectivity index (χ3n) is 3.46. The Hall–Kier alpha value is -1.46.